The number of allylic oxidation sites excluding steroid dienone is 1. The second-order valence-corrected chi connectivity index (χ2v) is 5.21. The standard InChI is InChI=1S/C20H20FN/c1-6-17-19(13-16(4)21)22(5)18-12-11-14(2)9-7-8-10-15(3)20(17)18/h6-13H,1-3H2,4-5H3/b9-7?,10-8?,12-11?,16-13+. The molecule has 0 aliphatic rings. The summed E-state index contributed by atoms with van der Waals surface area (Å²) in [6, 6.07) is 11.6. The third-order valence-corrected chi connectivity index (χ3v) is 3.56. The minimum Gasteiger partial charge on any atom is -0.344 e. The van der Waals surface area contributed by atoms with Crippen molar-refractivity contribution in [3.63, 3.8) is 0 Å². The summed E-state index contributed by atoms with van der Waals surface area (Å²) in [4.78, 5) is 0. The summed E-state index contributed by atoms with van der Waals surface area (Å²) in [6.45, 7) is 13.4. The van der Waals surface area contributed by atoms with Crippen LogP contribution in [0.15, 0.2) is 48.8 Å². The molecule has 0 aliphatic carbocycles. The lowest BCUT2D eigenvalue weighted by Crippen LogP contribution is -1.97. The van der Waals surface area contributed by atoms with Crippen molar-refractivity contribution in [1.82, 2.24) is 4.57 Å². The van der Waals surface area contributed by atoms with Gasteiger partial charge >= 0.3 is 0 Å². The van der Waals surface area contributed by atoms with Crippen molar-refractivity contribution >= 4 is 36.2 Å². The molecule has 0 saturated heterocycles. The first-order chi connectivity index (χ1) is 10.5. The molecule has 112 valence electrons. The minimum absolute atomic E-state index is 0.248. The van der Waals surface area contributed by atoms with Crippen molar-refractivity contribution in [2.24, 2.45) is 7.05 Å². The molecule has 0 unspecified atom stereocenters. The summed E-state index contributed by atoms with van der Waals surface area (Å²) in [5, 5.41) is 2.71. The molecule has 0 bridgehead atoms. The molecule has 1 nitrogen and oxygen atoms in total. The van der Waals surface area contributed by atoms with Crippen LogP contribution in [0.5, 0.6) is 0 Å². The topological polar surface area (TPSA) is 4.93 Å². The Hall–Kier alpha value is -2.61. The number of nitrogens with zero attached hydrogens (tertiary/aromatic N) is 1. The van der Waals surface area contributed by atoms with Crippen LogP contribution in [0.4, 0.5) is 4.39 Å². The molecule has 1 aromatic heterocycles. The van der Waals surface area contributed by atoms with E-state index in [4.69, 9.17) is 0 Å². The number of halogens is 1. The number of hydrogen-bond donors (Lipinski definition) is 0. The molecular formula is C20H20FN. The monoisotopic (exact) mass is 293 g/mol. The predicted octanol–water partition coefficient (Wildman–Crippen LogP) is 4.10. The van der Waals surface area contributed by atoms with Crippen molar-refractivity contribution in [2.75, 3.05) is 0 Å². The molecule has 0 fully saturated rings. The highest BCUT2D eigenvalue weighted by molar-refractivity contribution is 5.93. The van der Waals surface area contributed by atoms with E-state index in [1.807, 2.05) is 48.0 Å². The van der Waals surface area contributed by atoms with Crippen LogP contribution >= 0.6 is 0 Å². The molecule has 0 saturated carbocycles. The summed E-state index contributed by atoms with van der Waals surface area (Å²) in [7, 11) is 1.91. The van der Waals surface area contributed by atoms with Crippen LogP contribution in [-0.4, -0.2) is 4.57 Å². The SMILES string of the molecule is C=Cc1c(/C=C(\C)F)n(C)c2ccc(=C)ccccc(=C)c12. The zero-order valence-electron chi connectivity index (χ0n) is 13.1. The third-order valence-electron chi connectivity index (χ3n) is 3.56. The van der Waals surface area contributed by atoms with Crippen LogP contribution in [0.25, 0.3) is 36.2 Å². The maximum atomic E-state index is 13.4. The van der Waals surface area contributed by atoms with Gasteiger partial charge in [0, 0.05) is 23.5 Å². The molecule has 1 aromatic carbocycles. The van der Waals surface area contributed by atoms with E-state index in [0.717, 1.165) is 32.6 Å². The van der Waals surface area contributed by atoms with Gasteiger partial charge in [-0.05, 0) is 29.5 Å². The fraction of sp³-hybridized carbons (Fsp3) is 0.100. The zero-order chi connectivity index (χ0) is 16.3. The normalized spacial score (nSPS) is 11.3. The van der Waals surface area contributed by atoms with Gasteiger partial charge < -0.3 is 4.57 Å². The Labute approximate surface area is 130 Å². The molecule has 0 aliphatic heterocycles. The van der Waals surface area contributed by atoms with Crippen LogP contribution in [0.3, 0.4) is 0 Å². The molecule has 1 heterocycles. The zero-order valence-corrected chi connectivity index (χ0v) is 13.1. The highest BCUT2D eigenvalue weighted by Crippen LogP contribution is 2.25. The van der Waals surface area contributed by atoms with E-state index in [0.29, 0.717) is 0 Å². The van der Waals surface area contributed by atoms with Gasteiger partial charge in [0.25, 0.3) is 0 Å². The Balaban J connectivity index is 3.14. The first-order valence-corrected chi connectivity index (χ1v) is 7.05. The largest absolute Gasteiger partial charge is 0.344 e. The Morgan fingerprint density at radius 1 is 1.14 bits per heavy atom. The van der Waals surface area contributed by atoms with E-state index in [2.05, 4.69) is 19.7 Å². The van der Waals surface area contributed by atoms with Gasteiger partial charge in [-0.15, -0.1) is 0 Å². The molecule has 2 rings (SSSR count). The summed E-state index contributed by atoms with van der Waals surface area (Å²) >= 11 is 0. The quantitative estimate of drug-likeness (QED) is 0.785. The number of hydrogen-bond acceptors (Lipinski definition) is 0. The van der Waals surface area contributed by atoms with E-state index in [9.17, 15) is 4.39 Å². The van der Waals surface area contributed by atoms with E-state index < -0.39 is 0 Å². The Morgan fingerprint density at radius 2 is 1.82 bits per heavy atom. The molecule has 2 aromatic rings. The molecule has 0 amide bonds. The van der Waals surface area contributed by atoms with Crippen LogP contribution in [-0.2, 0) is 7.05 Å². The van der Waals surface area contributed by atoms with Crippen molar-refractivity contribution in [3.8, 4) is 0 Å². The highest BCUT2D eigenvalue weighted by atomic mass is 19.1. The average molecular weight is 293 g/mol. The van der Waals surface area contributed by atoms with E-state index in [1.165, 1.54) is 13.0 Å². The third kappa shape index (κ3) is 3.01. The minimum atomic E-state index is -0.248. The van der Waals surface area contributed by atoms with Gasteiger partial charge in [0.1, 0.15) is 0 Å². The van der Waals surface area contributed by atoms with Crippen molar-refractivity contribution in [2.45, 2.75) is 6.92 Å². The van der Waals surface area contributed by atoms with Gasteiger partial charge in [0.05, 0.1) is 11.5 Å². The Bertz CT molecular complexity index is 911. The lowest BCUT2D eigenvalue weighted by atomic mass is 10.1. The first-order valence-electron chi connectivity index (χ1n) is 7.05. The molecule has 0 atom stereocenters. The van der Waals surface area contributed by atoms with Gasteiger partial charge in [0.15, 0.2) is 0 Å². The lowest BCUT2D eigenvalue weighted by Gasteiger charge is -1.99. The van der Waals surface area contributed by atoms with E-state index in [1.54, 1.807) is 6.08 Å². The van der Waals surface area contributed by atoms with Gasteiger partial charge in [-0.3, -0.25) is 0 Å². The average Bonchev–Trinajstić information content (AvgIpc) is 2.73. The number of aromatic nitrogens is 1. The van der Waals surface area contributed by atoms with Gasteiger partial charge in [-0.2, -0.15) is 0 Å². The molecule has 0 N–H and O–H groups in total. The van der Waals surface area contributed by atoms with Gasteiger partial charge in [-0.1, -0.05) is 56.1 Å². The molecule has 2 heteroatoms. The molecule has 22 heavy (non-hydrogen) atoms. The van der Waals surface area contributed by atoms with Crippen LogP contribution < -0.4 is 10.4 Å². The molecule has 0 spiro atoms. The Kier molecular flexibility index (Phi) is 4.62. The number of aryl methyl sites for hydroxylation is 1. The lowest BCUT2D eigenvalue weighted by molar-refractivity contribution is 0.647. The summed E-state index contributed by atoms with van der Waals surface area (Å²) < 4.78 is 15.4. The van der Waals surface area contributed by atoms with E-state index >= 15 is 0 Å². The van der Waals surface area contributed by atoms with Crippen molar-refractivity contribution in [1.29, 1.82) is 0 Å². The fourth-order valence-electron chi connectivity index (χ4n) is 2.52. The number of rotatable bonds is 2. The second-order valence-electron chi connectivity index (χ2n) is 5.21. The molecule has 0 radical (unpaired) electrons. The maximum absolute atomic E-state index is 13.4. The highest BCUT2D eigenvalue weighted by Gasteiger charge is 2.10. The van der Waals surface area contributed by atoms with Crippen molar-refractivity contribution < 1.29 is 4.39 Å². The fourth-order valence-corrected chi connectivity index (χ4v) is 2.52. The second kappa shape index (κ2) is 6.44. The number of fused-ring (bicyclic) bond motifs is 1. The van der Waals surface area contributed by atoms with Gasteiger partial charge in [-0.25, -0.2) is 4.39 Å². The van der Waals surface area contributed by atoms with E-state index in [-0.39, 0.29) is 5.83 Å². The predicted molar refractivity (Wildman–Crippen MR) is 95.7 cm³/mol. The smallest absolute Gasteiger partial charge is 0.0989 e. The maximum Gasteiger partial charge on any atom is 0.0989 e. The first kappa shape index (κ1) is 15.8. The van der Waals surface area contributed by atoms with Crippen LogP contribution in [0.2, 0.25) is 0 Å². The summed E-state index contributed by atoms with van der Waals surface area (Å²) in [6.07, 6.45) is 3.26. The van der Waals surface area contributed by atoms with Gasteiger partial charge in [0.2, 0.25) is 0 Å². The molecular weight excluding hydrogens is 273 g/mol. The Morgan fingerprint density at radius 3 is 2.45 bits per heavy atom. The summed E-state index contributed by atoms with van der Waals surface area (Å²) in [5.41, 5.74) is 2.61. The summed E-state index contributed by atoms with van der Waals surface area (Å²) in [5.74, 6) is -0.248. The van der Waals surface area contributed by atoms with Crippen molar-refractivity contribution in [3.05, 3.63) is 70.5 Å². The van der Waals surface area contributed by atoms with Crippen LogP contribution in [0, 0.1) is 0 Å². The van der Waals surface area contributed by atoms with Crippen LogP contribution in [0.1, 0.15) is 18.2 Å².